The standard InChI is InChI=1S/C19H37O8P/c1-4-7-9-11-13-18(20)24-15-17(16-26-28(22,23)25-6-3)27-19(21)14-12-10-8-5-2/h17H,4-16H2,1-3H3,(H,22,23)/t17-/m1/s1. The van der Waals surface area contributed by atoms with Gasteiger partial charge in [0, 0.05) is 12.8 Å². The summed E-state index contributed by atoms with van der Waals surface area (Å²) in [6.07, 6.45) is 7.12. The van der Waals surface area contributed by atoms with Gasteiger partial charge in [-0.05, 0) is 19.8 Å². The summed E-state index contributed by atoms with van der Waals surface area (Å²) >= 11 is 0. The summed E-state index contributed by atoms with van der Waals surface area (Å²) in [6.45, 7) is 5.11. The van der Waals surface area contributed by atoms with Gasteiger partial charge in [-0.25, -0.2) is 4.57 Å². The van der Waals surface area contributed by atoms with Gasteiger partial charge in [0.15, 0.2) is 6.10 Å². The molecule has 0 rings (SSSR count). The van der Waals surface area contributed by atoms with Crippen molar-refractivity contribution >= 4 is 19.8 Å². The van der Waals surface area contributed by atoms with E-state index >= 15 is 0 Å². The molecular formula is C19H37O8P. The Hall–Kier alpha value is -0.950. The predicted octanol–water partition coefficient (Wildman–Crippen LogP) is 4.54. The van der Waals surface area contributed by atoms with Crippen LogP contribution in [0.1, 0.15) is 85.0 Å². The third kappa shape index (κ3) is 16.0. The predicted molar refractivity (Wildman–Crippen MR) is 106 cm³/mol. The van der Waals surface area contributed by atoms with Crippen molar-refractivity contribution in [2.24, 2.45) is 0 Å². The minimum atomic E-state index is -4.22. The first-order valence-corrected chi connectivity index (χ1v) is 11.8. The van der Waals surface area contributed by atoms with E-state index in [1.54, 1.807) is 6.92 Å². The highest BCUT2D eigenvalue weighted by Crippen LogP contribution is 2.43. The molecule has 28 heavy (non-hydrogen) atoms. The Morgan fingerprint density at radius 1 is 0.821 bits per heavy atom. The smallest absolute Gasteiger partial charge is 0.462 e. The van der Waals surface area contributed by atoms with Crippen LogP contribution in [0.4, 0.5) is 0 Å². The first-order chi connectivity index (χ1) is 13.3. The van der Waals surface area contributed by atoms with Gasteiger partial charge in [-0.15, -0.1) is 0 Å². The molecule has 0 saturated carbocycles. The van der Waals surface area contributed by atoms with E-state index in [0.29, 0.717) is 6.42 Å². The van der Waals surface area contributed by atoms with Crippen molar-refractivity contribution in [1.82, 2.24) is 0 Å². The van der Waals surface area contributed by atoms with Gasteiger partial charge >= 0.3 is 19.8 Å². The van der Waals surface area contributed by atoms with E-state index in [9.17, 15) is 19.0 Å². The number of unbranched alkanes of at least 4 members (excludes halogenated alkanes) is 6. The summed E-state index contributed by atoms with van der Waals surface area (Å²) < 4.78 is 31.5. The number of carbonyl (C=O) groups excluding carboxylic acids is 2. The molecule has 1 unspecified atom stereocenters. The van der Waals surface area contributed by atoms with Crippen molar-refractivity contribution < 1.29 is 37.6 Å². The number of hydrogen-bond donors (Lipinski definition) is 1. The number of carbonyl (C=O) groups is 2. The summed E-state index contributed by atoms with van der Waals surface area (Å²) in [7, 11) is -4.22. The van der Waals surface area contributed by atoms with Gasteiger partial charge < -0.3 is 14.4 Å². The van der Waals surface area contributed by atoms with E-state index in [1.165, 1.54) is 0 Å². The third-order valence-corrected chi connectivity index (χ3v) is 4.97. The number of phosphoric acid groups is 1. The molecule has 9 heteroatoms. The summed E-state index contributed by atoms with van der Waals surface area (Å²) in [4.78, 5) is 33.3. The molecule has 0 fully saturated rings. The van der Waals surface area contributed by atoms with Crippen molar-refractivity contribution in [3.8, 4) is 0 Å². The lowest BCUT2D eigenvalue weighted by Gasteiger charge is -2.19. The highest BCUT2D eigenvalue weighted by molar-refractivity contribution is 7.47. The SMILES string of the molecule is CCCCCCC(=O)OC[C@H](COP(=O)(O)OCC)OC(=O)CCCCCC. The Balaban J connectivity index is 4.47. The van der Waals surface area contributed by atoms with Crippen LogP contribution in [0.5, 0.6) is 0 Å². The Morgan fingerprint density at radius 2 is 1.39 bits per heavy atom. The monoisotopic (exact) mass is 424 g/mol. The normalized spacial score (nSPS) is 14.3. The molecule has 0 heterocycles. The fourth-order valence-corrected chi connectivity index (χ4v) is 3.14. The van der Waals surface area contributed by atoms with Crippen molar-refractivity contribution in [3.63, 3.8) is 0 Å². The van der Waals surface area contributed by atoms with E-state index in [2.05, 4.69) is 18.4 Å². The Labute approximate surface area is 168 Å². The summed E-state index contributed by atoms with van der Waals surface area (Å²) in [5.74, 6) is -0.843. The number of phosphoric ester groups is 1. The second-order valence-electron chi connectivity index (χ2n) is 6.60. The molecule has 0 bridgehead atoms. The highest BCUT2D eigenvalue weighted by atomic mass is 31.2. The van der Waals surface area contributed by atoms with Gasteiger partial charge in [-0.2, -0.15) is 0 Å². The zero-order valence-electron chi connectivity index (χ0n) is 17.5. The van der Waals surface area contributed by atoms with Gasteiger partial charge in [0.25, 0.3) is 0 Å². The summed E-state index contributed by atoms with van der Waals surface area (Å²) in [5.41, 5.74) is 0. The Kier molecular flexibility index (Phi) is 16.4. The Bertz CT molecular complexity index is 469. The molecule has 1 N–H and O–H groups in total. The fourth-order valence-electron chi connectivity index (χ4n) is 2.39. The molecule has 0 saturated heterocycles. The third-order valence-electron chi connectivity index (χ3n) is 3.91. The maximum absolute atomic E-state index is 12.0. The van der Waals surface area contributed by atoms with Gasteiger partial charge in [0.1, 0.15) is 6.61 Å². The molecule has 0 amide bonds. The van der Waals surface area contributed by atoms with Crippen LogP contribution in [0.25, 0.3) is 0 Å². The number of hydrogen-bond acceptors (Lipinski definition) is 7. The fraction of sp³-hybridized carbons (Fsp3) is 0.895. The Morgan fingerprint density at radius 3 is 1.93 bits per heavy atom. The molecule has 0 radical (unpaired) electrons. The van der Waals surface area contributed by atoms with Crippen LogP contribution in [-0.2, 0) is 32.7 Å². The summed E-state index contributed by atoms with van der Waals surface area (Å²) in [6, 6.07) is 0. The van der Waals surface area contributed by atoms with Crippen LogP contribution in [0.2, 0.25) is 0 Å². The van der Waals surface area contributed by atoms with Crippen LogP contribution in [0, 0.1) is 0 Å². The minimum Gasteiger partial charge on any atom is -0.462 e. The van der Waals surface area contributed by atoms with Crippen LogP contribution >= 0.6 is 7.82 Å². The van der Waals surface area contributed by atoms with Crippen LogP contribution in [0.15, 0.2) is 0 Å². The second-order valence-corrected chi connectivity index (χ2v) is 8.05. The molecule has 0 aromatic rings. The van der Waals surface area contributed by atoms with Crippen LogP contribution in [-0.4, -0.2) is 42.8 Å². The number of rotatable bonds is 18. The number of esters is 2. The lowest BCUT2D eigenvalue weighted by atomic mass is 10.1. The molecule has 0 aliphatic carbocycles. The quantitative estimate of drug-likeness (QED) is 0.194. The molecule has 0 aliphatic heterocycles. The molecule has 8 nitrogen and oxygen atoms in total. The average molecular weight is 424 g/mol. The molecule has 0 spiro atoms. The largest absolute Gasteiger partial charge is 0.472 e. The maximum atomic E-state index is 12.0. The van der Waals surface area contributed by atoms with Crippen LogP contribution < -0.4 is 0 Å². The zero-order chi connectivity index (χ0) is 21.3. The van der Waals surface area contributed by atoms with E-state index in [0.717, 1.165) is 44.9 Å². The first-order valence-electron chi connectivity index (χ1n) is 10.3. The van der Waals surface area contributed by atoms with Crippen molar-refractivity contribution in [3.05, 3.63) is 0 Å². The zero-order valence-corrected chi connectivity index (χ0v) is 18.4. The maximum Gasteiger partial charge on any atom is 0.472 e. The topological polar surface area (TPSA) is 108 Å². The molecule has 0 aromatic heterocycles. The minimum absolute atomic E-state index is 0.00239. The van der Waals surface area contributed by atoms with Crippen molar-refractivity contribution in [1.29, 1.82) is 0 Å². The van der Waals surface area contributed by atoms with Crippen molar-refractivity contribution in [2.45, 2.75) is 91.1 Å². The van der Waals surface area contributed by atoms with Gasteiger partial charge in [0.2, 0.25) is 0 Å². The number of ether oxygens (including phenoxy) is 2. The van der Waals surface area contributed by atoms with Gasteiger partial charge in [0.05, 0.1) is 13.2 Å². The van der Waals surface area contributed by atoms with E-state index in [1.807, 2.05) is 0 Å². The van der Waals surface area contributed by atoms with Crippen LogP contribution in [0.3, 0.4) is 0 Å². The lowest BCUT2D eigenvalue weighted by molar-refractivity contribution is -0.161. The van der Waals surface area contributed by atoms with Gasteiger partial charge in [-0.3, -0.25) is 18.6 Å². The summed E-state index contributed by atoms with van der Waals surface area (Å²) in [5, 5.41) is 0. The average Bonchev–Trinajstić information content (AvgIpc) is 2.64. The first kappa shape index (κ1) is 27.0. The molecular weight excluding hydrogens is 387 g/mol. The highest BCUT2D eigenvalue weighted by Gasteiger charge is 2.25. The molecule has 166 valence electrons. The molecule has 0 aliphatic rings. The lowest BCUT2D eigenvalue weighted by Crippen LogP contribution is -2.29. The van der Waals surface area contributed by atoms with E-state index < -0.39 is 32.5 Å². The molecule has 2 atom stereocenters. The van der Waals surface area contributed by atoms with E-state index in [-0.39, 0.29) is 26.1 Å². The van der Waals surface area contributed by atoms with Gasteiger partial charge in [-0.1, -0.05) is 52.4 Å². The van der Waals surface area contributed by atoms with Crippen molar-refractivity contribution in [2.75, 3.05) is 19.8 Å². The second kappa shape index (κ2) is 17.0. The molecule has 0 aromatic carbocycles. The van der Waals surface area contributed by atoms with E-state index in [4.69, 9.17) is 14.0 Å².